The monoisotopic (exact) mass is 310 g/mol. The smallest absolute Gasteiger partial charge is 0.344 e. The highest BCUT2D eigenvalue weighted by molar-refractivity contribution is 5.78. The highest BCUT2D eigenvalue weighted by Crippen LogP contribution is 2.05. The van der Waals surface area contributed by atoms with E-state index in [-0.39, 0.29) is 17.7 Å². The van der Waals surface area contributed by atoms with Crippen LogP contribution >= 0.6 is 0 Å². The largest absolute Gasteiger partial charge is 0.466 e. The maximum atomic E-state index is 12.1. The van der Waals surface area contributed by atoms with Gasteiger partial charge < -0.3 is 14.0 Å². The molecule has 10 heteroatoms. The van der Waals surface area contributed by atoms with Crippen molar-refractivity contribution in [1.29, 1.82) is 0 Å². The quantitative estimate of drug-likeness (QED) is 0.609. The third-order valence-corrected chi connectivity index (χ3v) is 3.10. The average molecular weight is 310 g/mol. The Morgan fingerprint density at radius 1 is 1.18 bits per heavy atom. The standard InChI is InChI=1S/C12H14N4O6/c1-14-10-9(11(19)15(2)12(14)20)16(6-13-10)4-7(17)22-5-8(18)21-3/h6H,4-5H2,1-3H3. The molecule has 2 aromatic heterocycles. The fourth-order valence-electron chi connectivity index (χ4n) is 1.90. The summed E-state index contributed by atoms with van der Waals surface area (Å²) in [5, 5.41) is 0. The lowest BCUT2D eigenvalue weighted by atomic mass is 10.5. The van der Waals surface area contributed by atoms with Gasteiger partial charge >= 0.3 is 17.6 Å². The molecule has 0 radical (unpaired) electrons. The molecule has 0 saturated carbocycles. The molecule has 0 amide bonds. The van der Waals surface area contributed by atoms with Crippen LogP contribution in [-0.4, -0.2) is 44.3 Å². The number of methoxy groups -OCH3 is 1. The van der Waals surface area contributed by atoms with Crippen molar-refractivity contribution in [2.75, 3.05) is 13.7 Å². The van der Waals surface area contributed by atoms with Gasteiger partial charge in [0.25, 0.3) is 5.56 Å². The van der Waals surface area contributed by atoms with Crippen LogP contribution in [0.3, 0.4) is 0 Å². The summed E-state index contributed by atoms with van der Waals surface area (Å²) >= 11 is 0. The summed E-state index contributed by atoms with van der Waals surface area (Å²) in [6.45, 7) is -0.834. The lowest BCUT2D eigenvalue weighted by Crippen LogP contribution is -2.37. The minimum Gasteiger partial charge on any atom is -0.466 e. The Morgan fingerprint density at radius 3 is 2.50 bits per heavy atom. The second-order valence-electron chi connectivity index (χ2n) is 4.49. The molecule has 0 aliphatic heterocycles. The Hall–Kier alpha value is -2.91. The van der Waals surface area contributed by atoms with Crippen molar-refractivity contribution in [2.24, 2.45) is 14.1 Å². The van der Waals surface area contributed by atoms with Gasteiger partial charge in [-0.25, -0.2) is 14.6 Å². The number of carbonyl (C=O) groups excluding carboxylic acids is 2. The number of imidazole rings is 1. The van der Waals surface area contributed by atoms with Crippen LogP contribution in [-0.2, 0) is 39.7 Å². The van der Waals surface area contributed by atoms with Gasteiger partial charge in [0.2, 0.25) is 0 Å². The summed E-state index contributed by atoms with van der Waals surface area (Å²) in [6.07, 6.45) is 1.25. The van der Waals surface area contributed by atoms with Crippen LogP contribution < -0.4 is 11.2 Å². The van der Waals surface area contributed by atoms with E-state index in [0.717, 1.165) is 4.57 Å². The number of aryl methyl sites for hydroxylation is 1. The number of fused-ring (bicyclic) bond motifs is 1. The maximum Gasteiger partial charge on any atom is 0.344 e. The SMILES string of the molecule is COC(=O)COC(=O)Cn1cnc2c1c(=O)n(C)c(=O)n2C. The normalized spacial score (nSPS) is 10.7. The first-order chi connectivity index (χ1) is 10.4. The number of carbonyl (C=O) groups is 2. The highest BCUT2D eigenvalue weighted by Gasteiger charge is 2.16. The van der Waals surface area contributed by atoms with Gasteiger partial charge in [-0.15, -0.1) is 0 Å². The molecule has 0 aliphatic carbocycles. The van der Waals surface area contributed by atoms with Gasteiger partial charge in [-0.3, -0.25) is 18.7 Å². The number of esters is 2. The van der Waals surface area contributed by atoms with E-state index < -0.39 is 29.8 Å². The Labute approximate surface area is 123 Å². The van der Waals surface area contributed by atoms with E-state index >= 15 is 0 Å². The number of hydrogen-bond donors (Lipinski definition) is 0. The molecule has 0 N–H and O–H groups in total. The summed E-state index contributed by atoms with van der Waals surface area (Å²) in [6, 6.07) is 0. The number of hydrogen-bond acceptors (Lipinski definition) is 7. The molecule has 0 fully saturated rings. The van der Waals surface area contributed by atoms with Crippen molar-refractivity contribution in [3.05, 3.63) is 27.2 Å². The summed E-state index contributed by atoms with van der Waals surface area (Å²) in [4.78, 5) is 50.4. The maximum absolute atomic E-state index is 12.1. The molecule has 2 rings (SSSR count). The van der Waals surface area contributed by atoms with Gasteiger partial charge in [0.05, 0.1) is 13.4 Å². The zero-order chi connectivity index (χ0) is 16.4. The first kappa shape index (κ1) is 15.5. The lowest BCUT2D eigenvalue weighted by Gasteiger charge is -2.06. The Bertz CT molecular complexity index is 859. The van der Waals surface area contributed by atoms with Gasteiger partial charge in [0.1, 0.15) is 6.54 Å². The molecule has 0 aliphatic rings. The van der Waals surface area contributed by atoms with Gasteiger partial charge in [-0.05, 0) is 0 Å². The Morgan fingerprint density at radius 2 is 1.86 bits per heavy atom. The first-order valence-corrected chi connectivity index (χ1v) is 6.20. The predicted octanol–water partition coefficient (Wildman–Crippen LogP) is -1.85. The Kier molecular flexibility index (Phi) is 4.11. The number of ether oxygens (including phenoxy) is 2. The molecule has 0 bridgehead atoms. The fraction of sp³-hybridized carbons (Fsp3) is 0.417. The molecule has 0 aromatic carbocycles. The second-order valence-corrected chi connectivity index (χ2v) is 4.49. The minimum atomic E-state index is -0.736. The van der Waals surface area contributed by atoms with E-state index in [2.05, 4.69) is 9.72 Å². The van der Waals surface area contributed by atoms with E-state index in [1.807, 2.05) is 0 Å². The molecule has 0 spiro atoms. The van der Waals surface area contributed by atoms with E-state index in [9.17, 15) is 19.2 Å². The summed E-state index contributed by atoms with van der Waals surface area (Å²) in [7, 11) is 3.97. The van der Waals surface area contributed by atoms with Gasteiger partial charge in [-0.2, -0.15) is 0 Å². The topological polar surface area (TPSA) is 114 Å². The van der Waals surface area contributed by atoms with Crippen LogP contribution in [0.15, 0.2) is 15.9 Å². The lowest BCUT2D eigenvalue weighted by molar-refractivity contribution is -0.157. The average Bonchev–Trinajstić information content (AvgIpc) is 2.92. The van der Waals surface area contributed by atoms with Gasteiger partial charge in [0, 0.05) is 14.1 Å². The molecule has 2 aromatic rings. The van der Waals surface area contributed by atoms with Crippen molar-refractivity contribution in [2.45, 2.75) is 6.54 Å². The van der Waals surface area contributed by atoms with Crippen LogP contribution in [0.1, 0.15) is 0 Å². The fourth-order valence-corrected chi connectivity index (χ4v) is 1.90. The minimum absolute atomic E-state index is 0.0969. The van der Waals surface area contributed by atoms with Crippen LogP contribution in [0.4, 0.5) is 0 Å². The zero-order valence-electron chi connectivity index (χ0n) is 12.2. The zero-order valence-corrected chi connectivity index (χ0v) is 12.2. The predicted molar refractivity (Wildman–Crippen MR) is 73.2 cm³/mol. The van der Waals surface area contributed by atoms with Crippen molar-refractivity contribution in [3.8, 4) is 0 Å². The summed E-state index contributed by atoms with van der Waals surface area (Å²) in [5.41, 5.74) is -0.833. The second kappa shape index (κ2) is 5.84. The van der Waals surface area contributed by atoms with Gasteiger partial charge in [0.15, 0.2) is 17.8 Å². The van der Waals surface area contributed by atoms with Crippen molar-refractivity contribution >= 4 is 23.1 Å². The van der Waals surface area contributed by atoms with Crippen molar-refractivity contribution in [1.82, 2.24) is 18.7 Å². The molecular weight excluding hydrogens is 296 g/mol. The molecule has 0 atom stereocenters. The van der Waals surface area contributed by atoms with Crippen molar-refractivity contribution in [3.63, 3.8) is 0 Å². The number of rotatable bonds is 4. The number of aromatic nitrogens is 4. The molecule has 10 nitrogen and oxygen atoms in total. The molecular formula is C12H14N4O6. The van der Waals surface area contributed by atoms with Crippen LogP contribution in [0.2, 0.25) is 0 Å². The van der Waals surface area contributed by atoms with E-state index in [1.165, 1.54) is 36.7 Å². The van der Waals surface area contributed by atoms with E-state index in [4.69, 9.17) is 4.74 Å². The van der Waals surface area contributed by atoms with Crippen LogP contribution in [0, 0.1) is 0 Å². The van der Waals surface area contributed by atoms with Crippen LogP contribution in [0.25, 0.3) is 11.2 Å². The first-order valence-electron chi connectivity index (χ1n) is 6.20. The molecule has 22 heavy (non-hydrogen) atoms. The molecule has 0 saturated heterocycles. The molecule has 2 heterocycles. The summed E-state index contributed by atoms with van der Waals surface area (Å²) in [5.74, 6) is -1.43. The Balaban J connectivity index is 2.34. The molecule has 118 valence electrons. The molecule has 0 unspecified atom stereocenters. The van der Waals surface area contributed by atoms with E-state index in [0.29, 0.717) is 0 Å². The third kappa shape index (κ3) is 2.62. The van der Waals surface area contributed by atoms with Crippen molar-refractivity contribution < 1.29 is 19.1 Å². The van der Waals surface area contributed by atoms with Crippen LogP contribution in [0.5, 0.6) is 0 Å². The highest BCUT2D eigenvalue weighted by atomic mass is 16.6. The third-order valence-electron chi connectivity index (χ3n) is 3.10. The van der Waals surface area contributed by atoms with Gasteiger partial charge in [-0.1, -0.05) is 0 Å². The number of nitrogens with zero attached hydrogens (tertiary/aromatic N) is 4. The summed E-state index contributed by atoms with van der Waals surface area (Å²) < 4.78 is 12.4. The van der Waals surface area contributed by atoms with E-state index in [1.54, 1.807) is 0 Å².